The zero-order valence-electron chi connectivity index (χ0n) is 9.98. The fourth-order valence-corrected chi connectivity index (χ4v) is 1.41. The summed E-state index contributed by atoms with van der Waals surface area (Å²) < 4.78 is 10.6. The third-order valence-corrected chi connectivity index (χ3v) is 2.25. The van der Waals surface area contributed by atoms with Crippen LogP contribution in [0.15, 0.2) is 18.5 Å². The number of nitrogens with two attached hydrogens (primary N) is 1. The zero-order chi connectivity index (χ0) is 11.8. The van der Waals surface area contributed by atoms with Crippen LogP contribution in [0.4, 0.5) is 0 Å². The van der Waals surface area contributed by atoms with E-state index in [0.29, 0.717) is 13.2 Å². The van der Waals surface area contributed by atoms with Crippen LogP contribution in [-0.4, -0.2) is 24.8 Å². The normalized spacial score (nSPS) is 12.4. The predicted molar refractivity (Wildman–Crippen MR) is 63.4 cm³/mol. The van der Waals surface area contributed by atoms with Crippen LogP contribution in [0.2, 0.25) is 0 Å². The SMILES string of the molecule is CCOCCC(N)c1cncc(OCC)c1. The van der Waals surface area contributed by atoms with Crippen molar-refractivity contribution >= 4 is 0 Å². The molecule has 1 unspecified atom stereocenters. The van der Waals surface area contributed by atoms with Gasteiger partial charge in [-0.15, -0.1) is 0 Å². The van der Waals surface area contributed by atoms with Crippen molar-refractivity contribution in [1.82, 2.24) is 4.98 Å². The first-order valence-corrected chi connectivity index (χ1v) is 5.69. The van der Waals surface area contributed by atoms with E-state index in [2.05, 4.69) is 4.98 Å². The van der Waals surface area contributed by atoms with Gasteiger partial charge in [-0.25, -0.2) is 0 Å². The van der Waals surface area contributed by atoms with Crippen molar-refractivity contribution in [1.29, 1.82) is 0 Å². The molecule has 1 rings (SSSR count). The van der Waals surface area contributed by atoms with E-state index in [9.17, 15) is 0 Å². The van der Waals surface area contributed by atoms with Crippen LogP contribution in [0.3, 0.4) is 0 Å². The molecular weight excluding hydrogens is 204 g/mol. The summed E-state index contributed by atoms with van der Waals surface area (Å²) in [7, 11) is 0. The maximum atomic E-state index is 6.03. The molecule has 0 spiro atoms. The highest BCUT2D eigenvalue weighted by Gasteiger charge is 2.07. The van der Waals surface area contributed by atoms with Gasteiger partial charge < -0.3 is 15.2 Å². The second kappa shape index (κ2) is 7.19. The molecule has 0 aliphatic heterocycles. The first-order chi connectivity index (χ1) is 7.77. The van der Waals surface area contributed by atoms with Crippen LogP contribution in [0.1, 0.15) is 31.9 Å². The highest BCUT2D eigenvalue weighted by atomic mass is 16.5. The summed E-state index contributed by atoms with van der Waals surface area (Å²) in [6.45, 7) is 5.96. The van der Waals surface area contributed by atoms with Crippen molar-refractivity contribution in [3.05, 3.63) is 24.0 Å². The Morgan fingerprint density at radius 2 is 2.12 bits per heavy atom. The fourth-order valence-electron chi connectivity index (χ4n) is 1.41. The molecule has 1 aromatic heterocycles. The van der Waals surface area contributed by atoms with E-state index >= 15 is 0 Å². The molecule has 2 N–H and O–H groups in total. The van der Waals surface area contributed by atoms with Gasteiger partial charge in [-0.2, -0.15) is 0 Å². The average molecular weight is 224 g/mol. The molecule has 0 saturated heterocycles. The topological polar surface area (TPSA) is 57.4 Å². The third-order valence-electron chi connectivity index (χ3n) is 2.25. The monoisotopic (exact) mass is 224 g/mol. The van der Waals surface area contributed by atoms with E-state index in [1.807, 2.05) is 19.9 Å². The van der Waals surface area contributed by atoms with E-state index in [1.54, 1.807) is 12.4 Å². The molecule has 16 heavy (non-hydrogen) atoms. The van der Waals surface area contributed by atoms with Gasteiger partial charge in [0, 0.05) is 25.5 Å². The maximum absolute atomic E-state index is 6.03. The Labute approximate surface area is 96.8 Å². The van der Waals surface area contributed by atoms with Crippen molar-refractivity contribution in [2.75, 3.05) is 19.8 Å². The molecule has 90 valence electrons. The van der Waals surface area contributed by atoms with Gasteiger partial charge in [0.2, 0.25) is 0 Å². The van der Waals surface area contributed by atoms with Gasteiger partial charge in [0.1, 0.15) is 5.75 Å². The number of aromatic nitrogens is 1. The maximum Gasteiger partial charge on any atom is 0.137 e. The minimum Gasteiger partial charge on any atom is -0.492 e. The molecule has 0 amide bonds. The van der Waals surface area contributed by atoms with Crippen LogP contribution in [0.5, 0.6) is 5.75 Å². The first-order valence-electron chi connectivity index (χ1n) is 5.69. The lowest BCUT2D eigenvalue weighted by molar-refractivity contribution is 0.140. The van der Waals surface area contributed by atoms with E-state index < -0.39 is 0 Å². The molecule has 0 bridgehead atoms. The molecule has 0 fully saturated rings. The van der Waals surface area contributed by atoms with Gasteiger partial charge in [0.15, 0.2) is 0 Å². The van der Waals surface area contributed by atoms with Gasteiger partial charge in [-0.1, -0.05) is 0 Å². The lowest BCUT2D eigenvalue weighted by Crippen LogP contribution is -2.13. The summed E-state index contributed by atoms with van der Waals surface area (Å²) in [5.41, 5.74) is 7.02. The minimum absolute atomic E-state index is 0.0422. The van der Waals surface area contributed by atoms with Gasteiger partial charge in [0.05, 0.1) is 12.8 Å². The minimum atomic E-state index is -0.0422. The van der Waals surface area contributed by atoms with Gasteiger partial charge >= 0.3 is 0 Å². The number of hydrogen-bond acceptors (Lipinski definition) is 4. The molecule has 0 radical (unpaired) electrons. The quantitative estimate of drug-likeness (QED) is 0.719. The van der Waals surface area contributed by atoms with E-state index in [-0.39, 0.29) is 6.04 Å². The molecule has 1 heterocycles. The van der Waals surface area contributed by atoms with Crippen molar-refractivity contribution < 1.29 is 9.47 Å². The van der Waals surface area contributed by atoms with Crippen LogP contribution in [0.25, 0.3) is 0 Å². The Kier molecular flexibility index (Phi) is 5.82. The number of pyridine rings is 1. The lowest BCUT2D eigenvalue weighted by Gasteiger charge is -2.12. The molecule has 4 nitrogen and oxygen atoms in total. The van der Waals surface area contributed by atoms with Crippen LogP contribution in [-0.2, 0) is 4.74 Å². The van der Waals surface area contributed by atoms with Crippen molar-refractivity contribution in [3.63, 3.8) is 0 Å². The molecule has 1 aromatic rings. The van der Waals surface area contributed by atoms with Gasteiger partial charge in [0.25, 0.3) is 0 Å². The van der Waals surface area contributed by atoms with E-state index in [4.69, 9.17) is 15.2 Å². The van der Waals surface area contributed by atoms with Crippen molar-refractivity contribution in [3.8, 4) is 5.75 Å². The predicted octanol–water partition coefficient (Wildman–Crippen LogP) is 1.91. The molecule has 4 heteroatoms. The molecule has 0 aliphatic carbocycles. The van der Waals surface area contributed by atoms with Crippen LogP contribution in [0, 0.1) is 0 Å². The summed E-state index contributed by atoms with van der Waals surface area (Å²) in [6, 6.07) is 1.90. The molecule has 1 atom stereocenters. The Balaban J connectivity index is 2.53. The fraction of sp³-hybridized carbons (Fsp3) is 0.583. The highest BCUT2D eigenvalue weighted by molar-refractivity contribution is 5.25. The molecule has 0 aliphatic rings. The molecular formula is C12H20N2O2. The van der Waals surface area contributed by atoms with Crippen LogP contribution >= 0.6 is 0 Å². The van der Waals surface area contributed by atoms with E-state index in [1.165, 1.54) is 0 Å². The van der Waals surface area contributed by atoms with Gasteiger partial charge in [-0.05, 0) is 31.9 Å². The standard InChI is InChI=1S/C12H20N2O2/c1-3-15-6-5-12(13)10-7-11(16-4-2)9-14-8-10/h7-9,12H,3-6,13H2,1-2H3. The number of ether oxygens (including phenoxy) is 2. The largest absolute Gasteiger partial charge is 0.492 e. The molecule has 0 saturated carbocycles. The second-order valence-corrected chi connectivity index (χ2v) is 3.48. The van der Waals surface area contributed by atoms with E-state index in [0.717, 1.165) is 24.3 Å². The van der Waals surface area contributed by atoms with Crippen molar-refractivity contribution in [2.24, 2.45) is 5.73 Å². The lowest BCUT2D eigenvalue weighted by atomic mass is 10.1. The van der Waals surface area contributed by atoms with Crippen LogP contribution < -0.4 is 10.5 Å². The average Bonchev–Trinajstić information content (AvgIpc) is 2.30. The summed E-state index contributed by atoms with van der Waals surface area (Å²) in [6.07, 6.45) is 4.27. The Morgan fingerprint density at radius 1 is 1.31 bits per heavy atom. The first kappa shape index (κ1) is 12.9. The summed E-state index contributed by atoms with van der Waals surface area (Å²) in [5, 5.41) is 0. The molecule has 0 aromatic carbocycles. The summed E-state index contributed by atoms with van der Waals surface area (Å²) >= 11 is 0. The summed E-state index contributed by atoms with van der Waals surface area (Å²) in [4.78, 5) is 4.11. The Morgan fingerprint density at radius 3 is 2.81 bits per heavy atom. The van der Waals surface area contributed by atoms with Crippen molar-refractivity contribution in [2.45, 2.75) is 26.3 Å². The smallest absolute Gasteiger partial charge is 0.137 e. The summed E-state index contributed by atoms with van der Waals surface area (Å²) in [5.74, 6) is 0.770. The number of hydrogen-bond donors (Lipinski definition) is 1. The third kappa shape index (κ3) is 4.16. The second-order valence-electron chi connectivity index (χ2n) is 3.48. The number of rotatable bonds is 7. The Hall–Kier alpha value is -1.13. The van der Waals surface area contributed by atoms with Gasteiger partial charge in [-0.3, -0.25) is 4.98 Å². The Bertz CT molecular complexity index is 305. The number of nitrogens with zero attached hydrogens (tertiary/aromatic N) is 1. The zero-order valence-corrected chi connectivity index (χ0v) is 9.98. The highest BCUT2D eigenvalue weighted by Crippen LogP contribution is 2.18.